The van der Waals surface area contributed by atoms with Crippen molar-refractivity contribution >= 4 is 39.0 Å². The molecule has 3 aromatic rings. The quantitative estimate of drug-likeness (QED) is 0.241. The van der Waals surface area contributed by atoms with E-state index in [4.69, 9.17) is 4.74 Å². The summed E-state index contributed by atoms with van der Waals surface area (Å²) in [6.07, 6.45) is 1.78. The number of ether oxygens (including phenoxy) is 1. The standard InChI is InChI=1S/C29H34N4O6S2/c1-20-3-9-24(10-4-20)41(37,38)31-16-15-30-28(36)25-19-40-29(32-25)22-13-17-33(18-14-22)27(35)12-11-26(34)21-5-7-23(39-2)8-6-21/h3-10,19,22,31H,11-18H2,1-2H3,(H,30,36). The van der Waals surface area contributed by atoms with Gasteiger partial charge in [-0.15, -0.1) is 11.3 Å². The predicted molar refractivity (Wildman–Crippen MR) is 156 cm³/mol. The molecule has 2 N–H and O–H groups in total. The number of Topliss-reactive ketones (excluding diaryl/α,β-unsaturated/α-hetero) is 1. The van der Waals surface area contributed by atoms with Crippen LogP contribution in [0.1, 0.15) is 63.0 Å². The molecule has 0 radical (unpaired) electrons. The number of ketones is 1. The number of rotatable bonds is 12. The molecule has 1 aliphatic heterocycles. The Labute approximate surface area is 244 Å². The number of piperidine rings is 1. The number of carbonyl (C=O) groups excluding carboxylic acids is 3. The monoisotopic (exact) mass is 598 g/mol. The molecule has 41 heavy (non-hydrogen) atoms. The zero-order chi connectivity index (χ0) is 29.4. The SMILES string of the molecule is COc1ccc(C(=O)CCC(=O)N2CCC(c3nc(C(=O)NCCNS(=O)(=O)c4ccc(C)cc4)cs3)CC2)cc1. The lowest BCUT2D eigenvalue weighted by Gasteiger charge is -2.31. The maximum absolute atomic E-state index is 12.7. The number of hydrogen-bond acceptors (Lipinski definition) is 8. The summed E-state index contributed by atoms with van der Waals surface area (Å²) in [5.41, 5.74) is 1.82. The van der Waals surface area contributed by atoms with Crippen LogP contribution >= 0.6 is 11.3 Å². The molecule has 2 amide bonds. The fourth-order valence-electron chi connectivity index (χ4n) is 4.51. The molecule has 2 heterocycles. The number of hydrogen-bond donors (Lipinski definition) is 2. The van der Waals surface area contributed by atoms with Gasteiger partial charge in [-0.25, -0.2) is 18.1 Å². The summed E-state index contributed by atoms with van der Waals surface area (Å²) < 4.78 is 32.3. The van der Waals surface area contributed by atoms with Gasteiger partial charge in [0.1, 0.15) is 11.4 Å². The lowest BCUT2D eigenvalue weighted by Crippen LogP contribution is -2.38. The highest BCUT2D eigenvalue weighted by Crippen LogP contribution is 2.30. The van der Waals surface area contributed by atoms with E-state index in [-0.39, 0.29) is 54.3 Å². The summed E-state index contributed by atoms with van der Waals surface area (Å²) in [4.78, 5) is 44.1. The van der Waals surface area contributed by atoms with Gasteiger partial charge >= 0.3 is 0 Å². The third-order valence-electron chi connectivity index (χ3n) is 6.96. The number of aromatic nitrogens is 1. The van der Waals surface area contributed by atoms with E-state index in [1.807, 2.05) is 6.92 Å². The van der Waals surface area contributed by atoms with Crippen LogP contribution in [0.3, 0.4) is 0 Å². The van der Waals surface area contributed by atoms with Crippen molar-refractivity contribution in [3.63, 3.8) is 0 Å². The molecular formula is C29H34N4O6S2. The zero-order valence-electron chi connectivity index (χ0n) is 23.1. The molecule has 0 spiro atoms. The fourth-order valence-corrected chi connectivity index (χ4v) is 6.51. The minimum absolute atomic E-state index is 0.0393. The van der Waals surface area contributed by atoms with Crippen LogP contribution in [0.15, 0.2) is 58.8 Å². The molecule has 4 rings (SSSR count). The first kappa shape index (κ1) is 30.4. The van der Waals surface area contributed by atoms with E-state index in [1.165, 1.54) is 11.3 Å². The molecule has 0 atom stereocenters. The van der Waals surface area contributed by atoms with Crippen molar-refractivity contribution in [3.05, 3.63) is 75.7 Å². The van der Waals surface area contributed by atoms with Crippen LogP contribution < -0.4 is 14.8 Å². The average molecular weight is 599 g/mol. The van der Waals surface area contributed by atoms with Crippen molar-refractivity contribution in [2.24, 2.45) is 0 Å². The summed E-state index contributed by atoms with van der Waals surface area (Å²) in [5.74, 6) is 0.340. The van der Waals surface area contributed by atoms with Gasteiger partial charge in [0.15, 0.2) is 5.78 Å². The van der Waals surface area contributed by atoms with Crippen molar-refractivity contribution in [2.45, 2.75) is 43.4 Å². The Bertz CT molecular complexity index is 1460. The smallest absolute Gasteiger partial charge is 0.270 e. The molecule has 2 aromatic carbocycles. The molecule has 1 saturated heterocycles. The van der Waals surface area contributed by atoms with Crippen LogP contribution in [0.2, 0.25) is 0 Å². The van der Waals surface area contributed by atoms with Crippen LogP contribution in [0.25, 0.3) is 0 Å². The Hall–Kier alpha value is -3.61. The summed E-state index contributed by atoms with van der Waals surface area (Å²) >= 11 is 1.41. The number of carbonyl (C=O) groups is 3. The second-order valence-corrected chi connectivity index (χ2v) is 12.5. The van der Waals surface area contributed by atoms with E-state index in [0.29, 0.717) is 30.1 Å². The van der Waals surface area contributed by atoms with Crippen molar-refractivity contribution in [1.29, 1.82) is 0 Å². The second-order valence-electron chi connectivity index (χ2n) is 9.84. The molecule has 1 fully saturated rings. The van der Waals surface area contributed by atoms with Gasteiger partial charge in [0.25, 0.3) is 5.91 Å². The Morgan fingerprint density at radius 1 is 1.00 bits per heavy atom. The third-order valence-corrected chi connectivity index (χ3v) is 9.45. The molecule has 0 aliphatic carbocycles. The van der Waals surface area contributed by atoms with Gasteiger partial charge in [0, 0.05) is 55.9 Å². The molecular weight excluding hydrogens is 564 g/mol. The highest BCUT2D eigenvalue weighted by atomic mass is 32.2. The topological polar surface area (TPSA) is 135 Å². The average Bonchev–Trinajstić information content (AvgIpc) is 3.49. The van der Waals surface area contributed by atoms with E-state index in [1.54, 1.807) is 65.9 Å². The lowest BCUT2D eigenvalue weighted by atomic mass is 9.97. The van der Waals surface area contributed by atoms with E-state index in [2.05, 4.69) is 15.0 Å². The number of nitrogens with one attached hydrogen (secondary N) is 2. The molecule has 218 valence electrons. The van der Waals surface area contributed by atoms with Crippen LogP contribution in [-0.4, -0.2) is 69.2 Å². The van der Waals surface area contributed by atoms with Crippen LogP contribution in [-0.2, 0) is 14.8 Å². The molecule has 0 unspecified atom stereocenters. The number of methoxy groups -OCH3 is 1. The highest BCUT2D eigenvalue weighted by Gasteiger charge is 2.26. The van der Waals surface area contributed by atoms with E-state index in [0.717, 1.165) is 23.4 Å². The zero-order valence-corrected chi connectivity index (χ0v) is 24.7. The number of thiazole rings is 1. The molecule has 12 heteroatoms. The van der Waals surface area contributed by atoms with Gasteiger partial charge < -0.3 is 15.0 Å². The van der Waals surface area contributed by atoms with Crippen LogP contribution in [0.5, 0.6) is 5.75 Å². The second kappa shape index (κ2) is 13.8. The molecule has 0 bridgehead atoms. The molecule has 0 saturated carbocycles. The summed E-state index contributed by atoms with van der Waals surface area (Å²) in [6.45, 7) is 3.20. The summed E-state index contributed by atoms with van der Waals surface area (Å²) in [5, 5.41) is 5.24. The van der Waals surface area contributed by atoms with Crippen molar-refractivity contribution in [1.82, 2.24) is 19.9 Å². The van der Waals surface area contributed by atoms with E-state index >= 15 is 0 Å². The normalized spacial score (nSPS) is 14.0. The van der Waals surface area contributed by atoms with Gasteiger partial charge in [0.05, 0.1) is 17.0 Å². The first-order chi connectivity index (χ1) is 19.7. The Balaban J connectivity index is 1.18. The highest BCUT2D eigenvalue weighted by molar-refractivity contribution is 7.89. The molecule has 10 nitrogen and oxygen atoms in total. The fraction of sp³-hybridized carbons (Fsp3) is 0.379. The van der Waals surface area contributed by atoms with Crippen LogP contribution in [0.4, 0.5) is 0 Å². The van der Waals surface area contributed by atoms with E-state index < -0.39 is 10.0 Å². The first-order valence-corrected chi connectivity index (χ1v) is 15.8. The molecule has 1 aromatic heterocycles. The Morgan fingerprint density at radius 2 is 1.68 bits per heavy atom. The third kappa shape index (κ3) is 8.21. The maximum atomic E-state index is 12.7. The molecule has 1 aliphatic rings. The van der Waals surface area contributed by atoms with Crippen molar-refractivity contribution < 1.29 is 27.5 Å². The maximum Gasteiger partial charge on any atom is 0.270 e. The van der Waals surface area contributed by atoms with Crippen molar-refractivity contribution in [2.75, 3.05) is 33.3 Å². The number of likely N-dealkylation sites (tertiary alicyclic amines) is 1. The van der Waals surface area contributed by atoms with Gasteiger partial charge in [-0.05, 0) is 56.2 Å². The van der Waals surface area contributed by atoms with Crippen molar-refractivity contribution in [3.8, 4) is 5.75 Å². The van der Waals surface area contributed by atoms with Gasteiger partial charge in [-0.3, -0.25) is 14.4 Å². The lowest BCUT2D eigenvalue weighted by molar-refractivity contribution is -0.132. The predicted octanol–water partition coefficient (Wildman–Crippen LogP) is 3.54. The number of sulfonamides is 1. The van der Waals surface area contributed by atoms with Crippen LogP contribution in [0, 0.1) is 6.92 Å². The van der Waals surface area contributed by atoms with E-state index in [9.17, 15) is 22.8 Å². The largest absolute Gasteiger partial charge is 0.497 e. The number of nitrogens with zero attached hydrogens (tertiary/aromatic N) is 2. The minimum Gasteiger partial charge on any atom is -0.497 e. The number of aryl methyl sites for hydroxylation is 1. The summed E-state index contributed by atoms with van der Waals surface area (Å²) in [7, 11) is -2.08. The Kier molecular flexibility index (Phi) is 10.2. The summed E-state index contributed by atoms with van der Waals surface area (Å²) in [6, 6.07) is 13.4. The van der Waals surface area contributed by atoms with Gasteiger partial charge in [-0.2, -0.15) is 0 Å². The van der Waals surface area contributed by atoms with Gasteiger partial charge in [0.2, 0.25) is 15.9 Å². The minimum atomic E-state index is -3.65. The number of benzene rings is 2. The Morgan fingerprint density at radius 3 is 2.34 bits per heavy atom. The van der Waals surface area contributed by atoms with Gasteiger partial charge in [-0.1, -0.05) is 17.7 Å². The first-order valence-electron chi connectivity index (χ1n) is 13.4. The number of amides is 2.